The van der Waals surface area contributed by atoms with Gasteiger partial charge in [0.05, 0.1) is 143 Å². The Labute approximate surface area is 707 Å². The van der Waals surface area contributed by atoms with Gasteiger partial charge in [-0.25, -0.2) is 0 Å². The first-order chi connectivity index (χ1) is 56.5. The number of ether oxygens (including phenoxy) is 7. The van der Waals surface area contributed by atoms with Crippen LogP contribution in [-0.4, -0.2) is 102 Å². The number of aromatic nitrogens is 7. The number of pyridine rings is 2. The number of rotatable bonds is 18. The number of ketones is 3. The summed E-state index contributed by atoms with van der Waals surface area (Å²) in [6.45, 7) is 21.7. The summed E-state index contributed by atoms with van der Waals surface area (Å²) in [6, 6.07) is 36.0. The monoisotopic (exact) mass is 1790 g/mol. The van der Waals surface area contributed by atoms with Crippen molar-refractivity contribution in [2.24, 2.45) is 0 Å². The summed E-state index contributed by atoms with van der Waals surface area (Å²) in [5, 5.41) is 20.8. The average Bonchev–Trinajstić information content (AvgIpc) is 0.994. The molecule has 2 aliphatic carbocycles. The number of anilines is 2. The molecule has 4 N–H and O–H groups in total. The van der Waals surface area contributed by atoms with E-state index in [9.17, 15) is 19.2 Å². The minimum Gasteiger partial charge on any atom is -0.501 e. The van der Waals surface area contributed by atoms with E-state index in [0.717, 1.165) is 185 Å². The predicted molar refractivity (Wildman–Crippen MR) is 465 cm³/mol. The molecule has 0 atom stereocenters. The normalized spacial score (nSPS) is 11.7. The van der Waals surface area contributed by atoms with Crippen LogP contribution in [0, 0.1) is 69.2 Å². The Morgan fingerprint density at radius 1 is 0.483 bits per heavy atom. The quantitative estimate of drug-likeness (QED) is 0.0458. The lowest BCUT2D eigenvalue weighted by Crippen LogP contribution is -2.22. The number of carbonyl (C=O) groups is 3. The smallest absolute Gasteiger partial charge is 0.265 e. The predicted octanol–water partition coefficient (Wildman–Crippen LogP) is 19.6. The second-order valence-electron chi connectivity index (χ2n) is 27.2. The Bertz CT molecular complexity index is 5910. The molecule has 0 bridgehead atoms. The summed E-state index contributed by atoms with van der Waals surface area (Å²) in [6.07, 6.45) is 11.0. The van der Waals surface area contributed by atoms with Crippen molar-refractivity contribution >= 4 is 99.6 Å². The van der Waals surface area contributed by atoms with Crippen molar-refractivity contribution < 1.29 is 70.2 Å². The van der Waals surface area contributed by atoms with Crippen LogP contribution in [0.2, 0.25) is 0 Å². The van der Waals surface area contributed by atoms with Gasteiger partial charge in [-0.05, 0) is 243 Å². The average molecular weight is 1790 g/mol. The second-order valence-corrected chi connectivity index (χ2v) is 29.7. The molecule has 6 aromatic carbocycles. The molecule has 612 valence electrons. The molecule has 118 heavy (non-hydrogen) atoms. The van der Waals surface area contributed by atoms with Gasteiger partial charge in [0.25, 0.3) is 5.56 Å². The van der Waals surface area contributed by atoms with Gasteiger partial charge in [-0.3, -0.25) is 24.2 Å². The van der Waals surface area contributed by atoms with E-state index in [2.05, 4.69) is 78.6 Å². The van der Waals surface area contributed by atoms with Gasteiger partial charge in [0.15, 0.2) is 17.3 Å². The maximum Gasteiger partial charge on any atom is 0.265 e. The summed E-state index contributed by atoms with van der Waals surface area (Å²) >= 11 is 10.0. The molecule has 2 aliphatic rings. The number of nitrogens with zero attached hydrogens (tertiary/aromatic N) is 7. The van der Waals surface area contributed by atoms with E-state index in [1.54, 1.807) is 71.6 Å². The molecule has 25 nitrogen and oxygen atoms in total. The zero-order valence-electron chi connectivity index (χ0n) is 68.4. The minimum atomic E-state index is -0.120. The third-order valence-corrected chi connectivity index (χ3v) is 21.0. The first-order valence-electron chi connectivity index (χ1n) is 37.0. The first kappa shape index (κ1) is 88.0. The van der Waals surface area contributed by atoms with E-state index in [4.69, 9.17) is 67.2 Å². The van der Waals surface area contributed by atoms with Gasteiger partial charge in [-0.1, -0.05) is 50.1 Å². The number of hydrogen-bond acceptors (Lipinski definition) is 24. The third kappa shape index (κ3) is 20.7. The number of allylic oxidation sites excluding steroid dienone is 3. The molecule has 0 saturated carbocycles. The zero-order chi connectivity index (χ0) is 85.3. The van der Waals surface area contributed by atoms with Crippen LogP contribution in [-0.2, 0) is 44.9 Å². The highest BCUT2D eigenvalue weighted by molar-refractivity contribution is 9.12. The largest absolute Gasteiger partial charge is 0.501 e. The number of methoxy groups -OCH3 is 6. The molecule has 28 heteroatoms. The number of carbonyl (C=O) groups excluding carboxylic acids is 3. The molecule has 0 amide bonds. The SMILES string of the molecule is CCO/C=C/C(=O)Cc1ccc(-c2c(C)noc2C)c(OC)c1.COc1cc(N)ccc1-c1c(C)noc1C.COc1cc(N)ccc1Br.COc1cc2c(cc1-c1c(C)noc1C)C=C(Br)C(=O)C2.COc1cc2c(cc1-c1c(C)noc1C)C=CC(=O)C2.COc1cc2c(cc1-c1c(C)noc1C)cc(Br)c(=O)n2Cc1ccccn1. The maximum absolute atomic E-state index is 12.8. The van der Waals surface area contributed by atoms with Crippen LogP contribution >= 0.6 is 47.8 Å². The molecule has 0 spiro atoms. The fourth-order valence-electron chi connectivity index (χ4n) is 13.5. The van der Waals surface area contributed by atoms with E-state index < -0.39 is 0 Å². The Balaban J connectivity index is 0.000000152. The standard InChI is InChI=1S/C21H18BrN3O3.C18H21NO4.C16H14BrNO3.C16H15NO3.C12H14N2O2.C7H8BrNO/c1-12-20(13(2)28-24-12)16-8-14-9-17(22)21(26)25(18(14)10-19(16)27-3)11-15-6-4-5-7-23-15;1-5-22-9-8-15(20)10-14-6-7-16(17(11-14)21-4)18-12(2)19-23-13(18)3;1-8-16(9(2)21-18-8)12-4-10-5-13(17)14(19)6-11(10)7-15(12)20-3;1-9-16(10(2)20-17-9)14-7-11-4-5-13(18)6-12(11)8-15(14)19-3;1-7-12(8(2)16-14-7)10-5-4-9(13)6-11(10)15-3;1-10-7-4-5(9)2-3-6(7)8/h4-10H,11H2,1-3H3;6-9,11H,5,10H2,1-4H3;4-5,7H,6H2,1-3H3;4-5,7-8H,6H2,1-3H3;4-6H,13H2,1-3H3;2-4H,9H2,1H3/b;9-8+;;;;. The molecule has 0 saturated heterocycles. The molecule has 13 aromatic rings. The lowest BCUT2D eigenvalue weighted by molar-refractivity contribution is -0.115. The van der Waals surface area contributed by atoms with Crippen molar-refractivity contribution in [3.8, 4) is 90.1 Å². The van der Waals surface area contributed by atoms with Crippen LogP contribution < -0.4 is 45.4 Å². The maximum atomic E-state index is 12.8. The number of hydrogen-bond donors (Lipinski definition) is 2. The third-order valence-electron chi connectivity index (χ3n) is 19.1. The van der Waals surface area contributed by atoms with Gasteiger partial charge in [-0.15, -0.1) is 0 Å². The molecule has 0 aliphatic heterocycles. The summed E-state index contributed by atoms with van der Waals surface area (Å²) in [7, 11) is 9.71. The van der Waals surface area contributed by atoms with Crippen molar-refractivity contribution in [2.45, 2.75) is 102 Å². The number of fused-ring (bicyclic) bond motifs is 3. The van der Waals surface area contributed by atoms with E-state index in [1.807, 2.05) is 191 Å². The lowest BCUT2D eigenvalue weighted by Gasteiger charge is -2.17. The van der Waals surface area contributed by atoms with Gasteiger partial charge in [0.2, 0.25) is 0 Å². The van der Waals surface area contributed by atoms with Gasteiger partial charge < -0.3 is 71.8 Å². The Morgan fingerprint density at radius 3 is 1.41 bits per heavy atom. The van der Waals surface area contributed by atoms with Crippen LogP contribution in [0.1, 0.15) is 97.7 Å². The first-order valence-corrected chi connectivity index (χ1v) is 39.4. The van der Waals surface area contributed by atoms with Crippen molar-refractivity contribution in [1.82, 2.24) is 35.3 Å². The number of nitrogens with two attached hydrogens (primary N) is 2. The highest BCUT2D eigenvalue weighted by Gasteiger charge is 2.26. The van der Waals surface area contributed by atoms with E-state index in [0.29, 0.717) is 64.2 Å². The van der Waals surface area contributed by atoms with Crippen LogP contribution in [0.5, 0.6) is 34.5 Å². The molecule has 15 rings (SSSR count). The van der Waals surface area contributed by atoms with E-state index in [-0.39, 0.29) is 22.9 Å². The van der Waals surface area contributed by atoms with Crippen LogP contribution in [0.25, 0.3) is 78.7 Å². The summed E-state index contributed by atoms with van der Waals surface area (Å²) in [4.78, 5) is 52.3. The van der Waals surface area contributed by atoms with Crippen molar-refractivity contribution in [2.75, 3.05) is 60.7 Å². The van der Waals surface area contributed by atoms with Gasteiger partial charge in [-0.2, -0.15) is 0 Å². The Hall–Kier alpha value is -12.4. The number of nitrogen functional groups attached to an aromatic ring is 2. The van der Waals surface area contributed by atoms with E-state index >= 15 is 0 Å². The molecule has 0 unspecified atom stereocenters. The number of aryl methyl sites for hydroxylation is 10. The van der Waals surface area contributed by atoms with Crippen LogP contribution in [0.3, 0.4) is 0 Å². The Morgan fingerprint density at radius 2 is 0.932 bits per heavy atom. The number of benzene rings is 6. The van der Waals surface area contributed by atoms with Gasteiger partial charge in [0.1, 0.15) is 63.3 Å². The fraction of sp³-hybridized carbons (Fsp3) is 0.244. The highest BCUT2D eigenvalue weighted by atomic mass is 79.9. The molecule has 7 aromatic heterocycles. The fourth-order valence-corrected chi connectivity index (χ4v) is 14.8. The van der Waals surface area contributed by atoms with Crippen molar-refractivity contribution in [1.29, 1.82) is 0 Å². The number of halogens is 3. The molecule has 0 fully saturated rings. The van der Waals surface area contributed by atoms with Crippen LogP contribution in [0.15, 0.2) is 181 Å². The summed E-state index contributed by atoms with van der Waals surface area (Å²) in [5.41, 5.74) is 32.3. The molecular formula is C90H90Br3N9O16. The minimum absolute atomic E-state index is 0.0226. The number of Topliss-reactive ketones (excluding diaryl/α,β-unsaturated/α-hetero) is 1. The topological polar surface area (TPSA) is 333 Å². The van der Waals surface area contributed by atoms with Gasteiger partial charge in [0, 0.05) is 94.3 Å². The Kier molecular flexibility index (Phi) is 29.8. The van der Waals surface area contributed by atoms with Crippen molar-refractivity contribution in [3.05, 3.63) is 254 Å². The van der Waals surface area contributed by atoms with Crippen molar-refractivity contribution in [3.63, 3.8) is 0 Å². The lowest BCUT2D eigenvalue weighted by atomic mass is 9.91. The molecule has 7 heterocycles. The molecule has 0 radical (unpaired) electrons. The summed E-state index contributed by atoms with van der Waals surface area (Å²) in [5.74, 6) is 8.22. The second kappa shape index (κ2) is 40.0. The van der Waals surface area contributed by atoms with E-state index in [1.165, 1.54) is 12.3 Å². The summed E-state index contributed by atoms with van der Waals surface area (Å²) < 4.78 is 67.3. The van der Waals surface area contributed by atoms with Crippen LogP contribution in [0.4, 0.5) is 11.4 Å². The zero-order valence-corrected chi connectivity index (χ0v) is 73.2. The van der Waals surface area contributed by atoms with Gasteiger partial charge >= 0.3 is 0 Å². The highest BCUT2D eigenvalue weighted by Crippen LogP contribution is 2.43. The molecular weight excluding hydrogens is 1700 g/mol.